The highest BCUT2D eigenvalue weighted by molar-refractivity contribution is 9.10. The number of rotatable bonds is 7. The summed E-state index contributed by atoms with van der Waals surface area (Å²) in [6.45, 7) is 6.73. The van der Waals surface area contributed by atoms with Crippen molar-refractivity contribution in [3.8, 4) is 0 Å². The molecule has 2 unspecified atom stereocenters. The molecule has 1 aromatic rings. The quantitative estimate of drug-likeness (QED) is 0.804. The van der Waals surface area contributed by atoms with Gasteiger partial charge in [-0.25, -0.2) is 4.68 Å². The van der Waals surface area contributed by atoms with E-state index in [-0.39, 0.29) is 24.1 Å². The van der Waals surface area contributed by atoms with Crippen molar-refractivity contribution >= 4 is 21.6 Å². The van der Waals surface area contributed by atoms with Crippen molar-refractivity contribution in [1.29, 1.82) is 0 Å². The van der Waals surface area contributed by atoms with E-state index < -0.39 is 0 Å². The topological polar surface area (TPSA) is 67.2 Å². The molecule has 0 radical (unpaired) electrons. The number of nitrogens with one attached hydrogen (secondary N) is 1. The normalized spacial score (nSPS) is 14.2. The van der Waals surface area contributed by atoms with Gasteiger partial charge in [-0.3, -0.25) is 4.79 Å². The molecule has 1 aromatic heterocycles. The van der Waals surface area contributed by atoms with Crippen molar-refractivity contribution in [3.63, 3.8) is 0 Å². The van der Waals surface area contributed by atoms with Gasteiger partial charge in [-0.05, 0) is 35.2 Å². The van der Waals surface area contributed by atoms with E-state index in [0.717, 1.165) is 12.8 Å². The fraction of sp³-hybridized carbons (Fsp3) is 0.692. The zero-order valence-corrected chi connectivity index (χ0v) is 13.3. The second-order valence-corrected chi connectivity index (χ2v) is 5.64. The summed E-state index contributed by atoms with van der Waals surface area (Å²) in [4.78, 5) is 12.1. The summed E-state index contributed by atoms with van der Waals surface area (Å²) in [7, 11) is 0. The van der Waals surface area contributed by atoms with Crippen LogP contribution in [-0.4, -0.2) is 27.5 Å². The van der Waals surface area contributed by atoms with Crippen molar-refractivity contribution in [2.45, 2.75) is 46.2 Å². The Hall–Kier alpha value is -0.880. The number of anilines is 1. The van der Waals surface area contributed by atoms with Crippen LogP contribution in [0, 0.1) is 5.92 Å². The first kappa shape index (κ1) is 16.2. The molecule has 0 aliphatic rings. The molecule has 0 bridgehead atoms. The zero-order valence-electron chi connectivity index (χ0n) is 11.7. The van der Waals surface area contributed by atoms with Gasteiger partial charge in [0.2, 0.25) is 0 Å². The third-order valence-corrected chi connectivity index (χ3v) is 4.00. The highest BCUT2D eigenvalue weighted by Gasteiger charge is 2.14. The van der Waals surface area contributed by atoms with E-state index >= 15 is 0 Å². The maximum atomic E-state index is 12.1. The summed E-state index contributed by atoms with van der Waals surface area (Å²) >= 11 is 3.32. The summed E-state index contributed by atoms with van der Waals surface area (Å²) in [5, 5.41) is 16.5. The molecule has 5 nitrogen and oxygen atoms in total. The third-order valence-electron chi connectivity index (χ3n) is 3.23. The number of aliphatic hydroxyl groups excluding tert-OH is 1. The predicted molar refractivity (Wildman–Crippen MR) is 80.4 cm³/mol. The summed E-state index contributed by atoms with van der Waals surface area (Å²) in [6.07, 6.45) is 3.61. The van der Waals surface area contributed by atoms with Gasteiger partial charge in [-0.15, -0.1) is 0 Å². The van der Waals surface area contributed by atoms with Crippen molar-refractivity contribution < 1.29 is 5.11 Å². The summed E-state index contributed by atoms with van der Waals surface area (Å²) in [6, 6.07) is 0.0639. The average molecular weight is 332 g/mol. The van der Waals surface area contributed by atoms with E-state index in [2.05, 4.69) is 33.3 Å². The Balaban J connectivity index is 2.87. The van der Waals surface area contributed by atoms with E-state index in [9.17, 15) is 4.79 Å². The van der Waals surface area contributed by atoms with E-state index in [1.54, 1.807) is 6.20 Å². The Labute approximate surface area is 122 Å². The number of aliphatic hydroxyl groups is 1. The number of aromatic nitrogens is 2. The Morgan fingerprint density at radius 1 is 1.53 bits per heavy atom. The lowest BCUT2D eigenvalue weighted by atomic mass is 10.1. The fourth-order valence-electron chi connectivity index (χ4n) is 1.58. The van der Waals surface area contributed by atoms with Crippen LogP contribution in [0.1, 0.15) is 33.6 Å². The summed E-state index contributed by atoms with van der Waals surface area (Å²) in [5.41, 5.74) is 0.549. The number of hydrogen-bond acceptors (Lipinski definition) is 4. The lowest BCUT2D eigenvalue weighted by molar-refractivity contribution is 0.226. The first-order valence-electron chi connectivity index (χ1n) is 6.64. The molecule has 0 spiro atoms. The molecule has 6 heteroatoms. The van der Waals surface area contributed by atoms with Crippen molar-refractivity contribution in [1.82, 2.24) is 9.78 Å². The first-order valence-corrected chi connectivity index (χ1v) is 7.43. The van der Waals surface area contributed by atoms with E-state index in [4.69, 9.17) is 5.11 Å². The number of halogens is 1. The highest BCUT2D eigenvalue weighted by atomic mass is 79.9. The van der Waals surface area contributed by atoms with Gasteiger partial charge in [-0.1, -0.05) is 20.3 Å². The van der Waals surface area contributed by atoms with Gasteiger partial charge in [0.05, 0.1) is 11.9 Å². The Morgan fingerprint density at radius 3 is 2.79 bits per heavy atom. The molecule has 0 aliphatic carbocycles. The van der Waals surface area contributed by atoms with Crippen LogP contribution in [0.3, 0.4) is 0 Å². The second kappa shape index (κ2) is 7.65. The monoisotopic (exact) mass is 331 g/mol. The average Bonchev–Trinajstić information content (AvgIpc) is 2.42. The summed E-state index contributed by atoms with van der Waals surface area (Å²) in [5.74, 6) is 0.106. The van der Waals surface area contributed by atoms with Crippen molar-refractivity contribution in [2.75, 3.05) is 11.9 Å². The molecule has 0 amide bonds. The van der Waals surface area contributed by atoms with Crippen molar-refractivity contribution in [2.24, 2.45) is 5.92 Å². The number of aryl methyl sites for hydroxylation is 1. The van der Waals surface area contributed by atoms with Crippen LogP contribution in [0.15, 0.2) is 15.5 Å². The molecule has 2 N–H and O–H groups in total. The maximum Gasteiger partial charge on any atom is 0.283 e. The Bertz CT molecular complexity index is 462. The molecule has 2 atom stereocenters. The first-order chi connectivity index (χ1) is 9.01. The van der Waals surface area contributed by atoms with Gasteiger partial charge < -0.3 is 10.4 Å². The lowest BCUT2D eigenvalue weighted by Gasteiger charge is -2.21. The van der Waals surface area contributed by atoms with Gasteiger partial charge in [0, 0.05) is 19.2 Å². The van der Waals surface area contributed by atoms with Crippen LogP contribution in [0.4, 0.5) is 5.69 Å². The number of hydrogen-bond donors (Lipinski definition) is 2. The molecule has 1 heterocycles. The van der Waals surface area contributed by atoms with E-state index in [0.29, 0.717) is 16.7 Å². The minimum Gasteiger partial charge on any atom is -0.396 e. The predicted octanol–water partition coefficient (Wildman–Crippen LogP) is 2.23. The SMILES string of the molecule is CCCCn1ncc(NC(C)C(C)CO)c(Br)c1=O. The molecular formula is C13H22BrN3O2. The van der Waals surface area contributed by atoms with Crippen LogP contribution in [0.25, 0.3) is 0 Å². The molecule has 108 valence electrons. The zero-order chi connectivity index (χ0) is 14.4. The molecule has 0 aliphatic heterocycles. The van der Waals surface area contributed by atoms with Gasteiger partial charge in [0.15, 0.2) is 0 Å². The van der Waals surface area contributed by atoms with Crippen molar-refractivity contribution in [3.05, 3.63) is 21.0 Å². The minimum atomic E-state index is -0.123. The number of nitrogens with zero attached hydrogens (tertiary/aromatic N) is 2. The number of unbranched alkanes of at least 4 members (excludes halogenated alkanes) is 1. The van der Waals surface area contributed by atoms with Crippen LogP contribution in [0.2, 0.25) is 0 Å². The van der Waals surface area contributed by atoms with Gasteiger partial charge in [-0.2, -0.15) is 5.10 Å². The fourth-order valence-corrected chi connectivity index (χ4v) is 2.00. The van der Waals surface area contributed by atoms with Gasteiger partial charge in [0.25, 0.3) is 5.56 Å². The second-order valence-electron chi connectivity index (χ2n) is 4.85. The molecule has 19 heavy (non-hydrogen) atoms. The standard InChI is InChI=1S/C13H22BrN3O2/c1-4-5-6-17-13(19)12(14)11(7-15-17)16-10(3)9(2)8-18/h7,9-10,16,18H,4-6,8H2,1-3H3. The Morgan fingerprint density at radius 2 is 2.21 bits per heavy atom. The smallest absolute Gasteiger partial charge is 0.283 e. The molecule has 0 fully saturated rings. The van der Waals surface area contributed by atoms with Gasteiger partial charge in [0.1, 0.15) is 4.47 Å². The largest absolute Gasteiger partial charge is 0.396 e. The highest BCUT2D eigenvalue weighted by Crippen LogP contribution is 2.19. The minimum absolute atomic E-state index is 0.0639. The molecule has 0 saturated carbocycles. The van der Waals surface area contributed by atoms with Crippen LogP contribution >= 0.6 is 15.9 Å². The van der Waals surface area contributed by atoms with E-state index in [1.807, 2.05) is 13.8 Å². The van der Waals surface area contributed by atoms with Crippen LogP contribution in [-0.2, 0) is 6.54 Å². The molecule has 1 rings (SSSR count). The third kappa shape index (κ3) is 4.31. The molecular weight excluding hydrogens is 310 g/mol. The lowest BCUT2D eigenvalue weighted by Crippen LogP contribution is -2.29. The van der Waals surface area contributed by atoms with E-state index in [1.165, 1.54) is 4.68 Å². The van der Waals surface area contributed by atoms with Gasteiger partial charge >= 0.3 is 0 Å². The maximum absolute atomic E-state index is 12.1. The molecule has 0 saturated heterocycles. The molecule has 0 aromatic carbocycles. The van der Waals surface area contributed by atoms with Crippen LogP contribution in [0.5, 0.6) is 0 Å². The van der Waals surface area contributed by atoms with Crippen LogP contribution < -0.4 is 10.9 Å². The summed E-state index contributed by atoms with van der Waals surface area (Å²) < 4.78 is 1.97. The Kier molecular flexibility index (Phi) is 6.51.